The molecule has 0 radical (unpaired) electrons. The van der Waals surface area contributed by atoms with E-state index in [1.54, 1.807) is 11.3 Å². The molecule has 0 amide bonds. The summed E-state index contributed by atoms with van der Waals surface area (Å²) in [6.07, 6.45) is 0. The Hall–Kier alpha value is -0.650. The summed E-state index contributed by atoms with van der Waals surface area (Å²) in [5.74, 6) is 0.563. The number of carbonyl (C=O) groups excluding carboxylic acids is 1. The first-order valence-corrected chi connectivity index (χ1v) is 7.64. The molecule has 2 rings (SSSR count). The van der Waals surface area contributed by atoms with E-state index in [0.717, 1.165) is 20.1 Å². The van der Waals surface area contributed by atoms with Crippen molar-refractivity contribution in [3.8, 4) is 0 Å². The second-order valence-corrected chi connectivity index (χ2v) is 6.47. The molecular weight excluding hydrogens is 318 g/mol. The zero-order valence-electron chi connectivity index (χ0n) is 9.14. The highest BCUT2D eigenvalue weighted by atomic mass is 79.9. The molecule has 88 valence electrons. The van der Waals surface area contributed by atoms with Crippen molar-refractivity contribution in [2.75, 3.05) is 5.75 Å². The molecule has 2 nitrogen and oxygen atoms in total. The van der Waals surface area contributed by atoms with E-state index in [9.17, 15) is 4.79 Å². The summed E-state index contributed by atoms with van der Waals surface area (Å²) < 4.78 is 1.88. The number of carbonyl (C=O) groups is 1. The van der Waals surface area contributed by atoms with Crippen molar-refractivity contribution in [3.05, 3.63) is 45.4 Å². The highest BCUT2D eigenvalue weighted by Crippen LogP contribution is 2.23. The molecule has 0 spiro atoms. The SMILES string of the molecule is Cc1csc(SCC(=O)c2cccc(Br)c2)n1. The number of aromatic nitrogens is 1. The van der Waals surface area contributed by atoms with Crippen LogP contribution in [0.5, 0.6) is 0 Å². The molecule has 0 aliphatic carbocycles. The summed E-state index contributed by atoms with van der Waals surface area (Å²) >= 11 is 6.43. The zero-order chi connectivity index (χ0) is 12.3. The van der Waals surface area contributed by atoms with E-state index in [2.05, 4.69) is 20.9 Å². The first kappa shape index (κ1) is 12.8. The fourth-order valence-corrected chi connectivity index (χ4v) is 3.41. The van der Waals surface area contributed by atoms with Crippen LogP contribution >= 0.6 is 39.0 Å². The van der Waals surface area contributed by atoms with Crippen LogP contribution < -0.4 is 0 Å². The third-order valence-corrected chi connectivity index (χ3v) is 4.70. The van der Waals surface area contributed by atoms with Gasteiger partial charge in [0.1, 0.15) is 0 Å². The van der Waals surface area contributed by atoms with Gasteiger partial charge in [0.25, 0.3) is 0 Å². The van der Waals surface area contributed by atoms with Crippen molar-refractivity contribution in [1.29, 1.82) is 0 Å². The molecule has 1 heterocycles. The standard InChI is InChI=1S/C12H10BrNOS2/c1-8-6-16-12(14-8)17-7-11(15)9-3-2-4-10(13)5-9/h2-6H,7H2,1H3. The molecule has 17 heavy (non-hydrogen) atoms. The Balaban J connectivity index is 1.98. The molecule has 0 saturated carbocycles. The first-order chi connectivity index (χ1) is 8.15. The molecule has 1 aromatic heterocycles. The summed E-state index contributed by atoms with van der Waals surface area (Å²) in [6.45, 7) is 1.96. The van der Waals surface area contributed by atoms with E-state index < -0.39 is 0 Å². The predicted octanol–water partition coefficient (Wildman–Crippen LogP) is 4.19. The lowest BCUT2D eigenvalue weighted by molar-refractivity contribution is 0.102. The van der Waals surface area contributed by atoms with E-state index in [1.165, 1.54) is 11.8 Å². The van der Waals surface area contributed by atoms with Crippen LogP contribution in [0.25, 0.3) is 0 Å². The number of nitrogens with zero attached hydrogens (tertiary/aromatic N) is 1. The number of thioether (sulfide) groups is 1. The van der Waals surface area contributed by atoms with E-state index in [4.69, 9.17) is 0 Å². The molecular formula is C12H10BrNOS2. The molecule has 0 N–H and O–H groups in total. The Bertz CT molecular complexity index is 539. The molecule has 1 aromatic carbocycles. The Morgan fingerprint density at radius 1 is 1.53 bits per heavy atom. The fraction of sp³-hybridized carbons (Fsp3) is 0.167. The van der Waals surface area contributed by atoms with Gasteiger partial charge in [-0.1, -0.05) is 39.8 Å². The van der Waals surface area contributed by atoms with Gasteiger partial charge in [-0.3, -0.25) is 4.79 Å². The number of rotatable bonds is 4. The Morgan fingerprint density at radius 3 is 3.00 bits per heavy atom. The van der Waals surface area contributed by atoms with Crippen LogP contribution in [0.4, 0.5) is 0 Å². The maximum atomic E-state index is 11.9. The molecule has 0 bridgehead atoms. The van der Waals surface area contributed by atoms with Gasteiger partial charge in [0.05, 0.1) is 5.75 Å². The fourth-order valence-electron chi connectivity index (χ4n) is 1.27. The molecule has 0 unspecified atom stereocenters. The minimum Gasteiger partial charge on any atom is -0.293 e. The molecule has 5 heteroatoms. The molecule has 0 saturated heterocycles. The largest absolute Gasteiger partial charge is 0.293 e. The van der Waals surface area contributed by atoms with Crippen LogP contribution in [0.2, 0.25) is 0 Å². The highest BCUT2D eigenvalue weighted by molar-refractivity contribution is 9.10. The van der Waals surface area contributed by atoms with Crippen molar-refractivity contribution in [2.45, 2.75) is 11.3 Å². The van der Waals surface area contributed by atoms with Crippen molar-refractivity contribution in [3.63, 3.8) is 0 Å². The van der Waals surface area contributed by atoms with Gasteiger partial charge in [0.2, 0.25) is 0 Å². The quantitative estimate of drug-likeness (QED) is 0.623. The van der Waals surface area contributed by atoms with Crippen LogP contribution in [0.1, 0.15) is 16.1 Å². The van der Waals surface area contributed by atoms with E-state index in [-0.39, 0.29) is 5.78 Å². The third-order valence-electron chi connectivity index (χ3n) is 2.07. The van der Waals surface area contributed by atoms with Gasteiger partial charge in [-0.15, -0.1) is 11.3 Å². The summed E-state index contributed by atoms with van der Waals surface area (Å²) in [5, 5.41) is 1.99. The van der Waals surface area contributed by atoms with Crippen molar-refractivity contribution in [2.24, 2.45) is 0 Å². The number of hydrogen-bond acceptors (Lipinski definition) is 4. The highest BCUT2D eigenvalue weighted by Gasteiger charge is 2.08. The minimum absolute atomic E-state index is 0.129. The smallest absolute Gasteiger partial charge is 0.173 e. The Morgan fingerprint density at radius 2 is 2.35 bits per heavy atom. The number of thiazole rings is 1. The van der Waals surface area contributed by atoms with Gasteiger partial charge in [0.15, 0.2) is 10.1 Å². The molecule has 0 aliphatic heterocycles. The van der Waals surface area contributed by atoms with Crippen molar-refractivity contribution < 1.29 is 4.79 Å². The summed E-state index contributed by atoms with van der Waals surface area (Å²) in [6, 6.07) is 7.46. The summed E-state index contributed by atoms with van der Waals surface area (Å²) in [4.78, 5) is 16.2. The van der Waals surface area contributed by atoms with Crippen LogP contribution in [0, 0.1) is 6.92 Å². The molecule has 2 aromatic rings. The molecule has 0 aliphatic rings. The van der Waals surface area contributed by atoms with Gasteiger partial charge < -0.3 is 0 Å². The van der Waals surface area contributed by atoms with Crippen LogP contribution in [-0.4, -0.2) is 16.5 Å². The zero-order valence-corrected chi connectivity index (χ0v) is 12.4. The number of hydrogen-bond donors (Lipinski definition) is 0. The van der Waals surface area contributed by atoms with Crippen LogP contribution in [0.3, 0.4) is 0 Å². The van der Waals surface area contributed by atoms with E-state index in [0.29, 0.717) is 5.75 Å². The van der Waals surface area contributed by atoms with Crippen LogP contribution in [0.15, 0.2) is 38.5 Å². The number of halogens is 1. The normalized spacial score (nSPS) is 10.5. The maximum absolute atomic E-state index is 11.9. The topological polar surface area (TPSA) is 30.0 Å². The Kier molecular flexibility index (Phi) is 4.36. The van der Waals surface area contributed by atoms with E-state index >= 15 is 0 Å². The predicted molar refractivity (Wildman–Crippen MR) is 76.0 cm³/mol. The molecule has 0 atom stereocenters. The average molecular weight is 328 g/mol. The van der Waals surface area contributed by atoms with Gasteiger partial charge in [0, 0.05) is 21.1 Å². The second kappa shape index (κ2) is 5.80. The number of ketones is 1. The van der Waals surface area contributed by atoms with Gasteiger partial charge in [-0.25, -0.2) is 4.98 Å². The van der Waals surface area contributed by atoms with Crippen LogP contribution in [-0.2, 0) is 0 Å². The number of Topliss-reactive ketones (excluding diaryl/α,β-unsaturated/α-hetero) is 1. The lowest BCUT2D eigenvalue weighted by Gasteiger charge is -1.99. The van der Waals surface area contributed by atoms with Gasteiger partial charge in [-0.05, 0) is 19.1 Å². The maximum Gasteiger partial charge on any atom is 0.173 e. The van der Waals surface area contributed by atoms with E-state index in [1.807, 2.05) is 36.6 Å². The minimum atomic E-state index is 0.129. The van der Waals surface area contributed by atoms with Gasteiger partial charge >= 0.3 is 0 Å². The third kappa shape index (κ3) is 3.66. The second-order valence-electron chi connectivity index (χ2n) is 3.48. The lowest BCUT2D eigenvalue weighted by Crippen LogP contribution is -2.01. The lowest BCUT2D eigenvalue weighted by atomic mass is 10.2. The Labute approximate surface area is 117 Å². The van der Waals surface area contributed by atoms with Crippen molar-refractivity contribution in [1.82, 2.24) is 4.98 Å². The summed E-state index contributed by atoms with van der Waals surface area (Å²) in [7, 11) is 0. The first-order valence-electron chi connectivity index (χ1n) is 4.99. The number of aryl methyl sites for hydroxylation is 1. The van der Waals surface area contributed by atoms with Gasteiger partial charge in [-0.2, -0.15) is 0 Å². The monoisotopic (exact) mass is 327 g/mol. The summed E-state index contributed by atoms with van der Waals surface area (Å²) in [5.41, 5.74) is 1.74. The molecule has 0 fully saturated rings. The van der Waals surface area contributed by atoms with Crippen molar-refractivity contribution >= 4 is 44.8 Å². The average Bonchev–Trinajstić information content (AvgIpc) is 2.72. The number of benzene rings is 1.